The van der Waals surface area contributed by atoms with Gasteiger partial charge in [-0.05, 0) is 59.7 Å². The Morgan fingerprint density at radius 2 is 1.50 bits per heavy atom. The number of anilines is 1. The first-order chi connectivity index (χ1) is 21.4. The molecular formula is C33H33N5O6. The van der Waals surface area contributed by atoms with Gasteiger partial charge in [-0.25, -0.2) is 4.68 Å². The molecule has 1 atom stereocenters. The molecule has 0 aliphatic carbocycles. The summed E-state index contributed by atoms with van der Waals surface area (Å²) in [5, 5.41) is 11.4. The first kappa shape index (κ1) is 29.9. The van der Waals surface area contributed by atoms with Gasteiger partial charge in [-0.15, -0.1) is 5.10 Å². The van der Waals surface area contributed by atoms with Gasteiger partial charge in [-0.3, -0.25) is 9.59 Å². The summed E-state index contributed by atoms with van der Waals surface area (Å²) < 4.78 is 23.2. The highest BCUT2D eigenvalue weighted by molar-refractivity contribution is 5.99. The third-order valence-corrected chi connectivity index (χ3v) is 7.17. The molecule has 4 aromatic carbocycles. The number of carbonyl (C=O) groups is 2. The number of amides is 2. The zero-order chi connectivity index (χ0) is 31.1. The number of nitrogens with zero attached hydrogens (tertiary/aromatic N) is 4. The third kappa shape index (κ3) is 6.57. The summed E-state index contributed by atoms with van der Waals surface area (Å²) in [5.41, 5.74) is 3.14. The van der Waals surface area contributed by atoms with Crippen molar-refractivity contribution < 1.29 is 28.5 Å². The number of nitrogens with one attached hydrogen (secondary N) is 1. The maximum Gasteiger partial charge on any atom is 0.251 e. The lowest BCUT2D eigenvalue weighted by Gasteiger charge is -2.32. The lowest BCUT2D eigenvalue weighted by molar-refractivity contribution is -0.140. The van der Waals surface area contributed by atoms with E-state index in [2.05, 4.69) is 15.6 Å². The standard InChI is InChI=1S/C33H33N5O6/c1-41-24-14-12-22(13-15-24)20-37(31(39)21-38-29-11-6-5-10-27(29)35-36-38)32(23-8-7-9-25(18-23)42-2)33(40)34-28-17-16-26(43-3)19-30(28)44-4/h5-19,32H,20-21H2,1-4H3,(H,34,40). The molecular weight excluding hydrogens is 562 g/mol. The van der Waals surface area contributed by atoms with E-state index in [0.717, 1.165) is 5.56 Å². The molecule has 1 N–H and O–H groups in total. The highest BCUT2D eigenvalue weighted by Crippen LogP contribution is 2.33. The molecule has 44 heavy (non-hydrogen) atoms. The van der Waals surface area contributed by atoms with Crippen LogP contribution in [0.2, 0.25) is 0 Å². The van der Waals surface area contributed by atoms with Crippen LogP contribution in [0.5, 0.6) is 23.0 Å². The Hall–Kier alpha value is -5.58. The fourth-order valence-corrected chi connectivity index (χ4v) is 4.89. The number of aromatic nitrogens is 3. The summed E-state index contributed by atoms with van der Waals surface area (Å²) in [7, 11) is 6.19. The number of benzene rings is 4. The van der Waals surface area contributed by atoms with Crippen LogP contribution in [-0.4, -0.2) is 60.1 Å². The molecule has 5 rings (SSSR count). The van der Waals surface area contributed by atoms with Gasteiger partial charge in [0.25, 0.3) is 5.91 Å². The number of rotatable bonds is 12. The van der Waals surface area contributed by atoms with E-state index >= 15 is 0 Å². The Labute approximate surface area is 254 Å². The number of ether oxygens (including phenoxy) is 4. The van der Waals surface area contributed by atoms with E-state index < -0.39 is 11.9 Å². The van der Waals surface area contributed by atoms with Gasteiger partial charge in [0.1, 0.15) is 41.1 Å². The van der Waals surface area contributed by atoms with Crippen LogP contribution in [0.1, 0.15) is 17.2 Å². The highest BCUT2D eigenvalue weighted by Gasteiger charge is 2.33. The lowest BCUT2D eigenvalue weighted by Crippen LogP contribution is -2.42. The Bertz CT molecular complexity index is 1750. The minimum atomic E-state index is -1.07. The van der Waals surface area contributed by atoms with Crippen LogP contribution in [0, 0.1) is 0 Å². The molecule has 0 radical (unpaired) electrons. The smallest absolute Gasteiger partial charge is 0.251 e. The molecule has 226 valence electrons. The summed E-state index contributed by atoms with van der Waals surface area (Å²) in [4.78, 5) is 30.1. The topological polar surface area (TPSA) is 117 Å². The first-order valence-corrected chi connectivity index (χ1v) is 13.8. The van der Waals surface area contributed by atoms with Crippen molar-refractivity contribution in [2.45, 2.75) is 19.1 Å². The lowest BCUT2D eigenvalue weighted by atomic mass is 10.0. The molecule has 0 aliphatic heterocycles. The van der Waals surface area contributed by atoms with Gasteiger partial charge in [-0.1, -0.05) is 41.6 Å². The van der Waals surface area contributed by atoms with Gasteiger partial charge in [0.15, 0.2) is 0 Å². The van der Waals surface area contributed by atoms with Crippen LogP contribution in [0.25, 0.3) is 11.0 Å². The summed E-state index contributed by atoms with van der Waals surface area (Å²) >= 11 is 0. The zero-order valence-electron chi connectivity index (χ0n) is 24.9. The van der Waals surface area contributed by atoms with E-state index in [9.17, 15) is 9.59 Å². The monoisotopic (exact) mass is 595 g/mol. The molecule has 1 heterocycles. The van der Waals surface area contributed by atoms with E-state index in [-0.39, 0.29) is 19.0 Å². The molecule has 11 heteroatoms. The van der Waals surface area contributed by atoms with Gasteiger partial charge >= 0.3 is 0 Å². The molecule has 0 fully saturated rings. The number of hydrogen-bond acceptors (Lipinski definition) is 8. The molecule has 0 saturated carbocycles. The average molecular weight is 596 g/mol. The molecule has 2 amide bonds. The average Bonchev–Trinajstić information content (AvgIpc) is 3.47. The second-order valence-electron chi connectivity index (χ2n) is 9.84. The van der Waals surface area contributed by atoms with Crippen LogP contribution in [0.4, 0.5) is 5.69 Å². The van der Waals surface area contributed by atoms with Crippen LogP contribution in [-0.2, 0) is 22.7 Å². The van der Waals surface area contributed by atoms with Crippen molar-refractivity contribution in [2.75, 3.05) is 33.8 Å². The van der Waals surface area contributed by atoms with Gasteiger partial charge in [0, 0.05) is 12.6 Å². The predicted octanol–water partition coefficient (Wildman–Crippen LogP) is 4.87. The van der Waals surface area contributed by atoms with Crippen LogP contribution >= 0.6 is 0 Å². The van der Waals surface area contributed by atoms with Crippen molar-refractivity contribution in [1.82, 2.24) is 19.9 Å². The van der Waals surface area contributed by atoms with Crippen molar-refractivity contribution in [3.8, 4) is 23.0 Å². The SMILES string of the molecule is COc1ccc(CN(C(=O)Cn2nnc3ccccc32)C(C(=O)Nc2ccc(OC)cc2OC)c2cccc(OC)c2)cc1. The number of methoxy groups -OCH3 is 4. The van der Waals surface area contributed by atoms with Gasteiger partial charge in [0.2, 0.25) is 5.91 Å². The van der Waals surface area contributed by atoms with Crippen molar-refractivity contribution in [2.24, 2.45) is 0 Å². The summed E-state index contributed by atoms with van der Waals surface area (Å²) in [6, 6.07) is 25.8. The molecule has 0 spiro atoms. The van der Waals surface area contributed by atoms with Crippen molar-refractivity contribution in [1.29, 1.82) is 0 Å². The number of fused-ring (bicyclic) bond motifs is 1. The number of carbonyl (C=O) groups excluding carboxylic acids is 2. The molecule has 1 unspecified atom stereocenters. The van der Waals surface area contributed by atoms with Gasteiger partial charge < -0.3 is 29.2 Å². The summed E-state index contributed by atoms with van der Waals surface area (Å²) in [6.45, 7) is -0.0270. The minimum absolute atomic E-state index is 0.116. The largest absolute Gasteiger partial charge is 0.497 e. The Kier molecular flexibility index (Phi) is 9.24. The molecule has 0 bridgehead atoms. The molecule has 11 nitrogen and oxygen atoms in total. The molecule has 5 aromatic rings. The maximum atomic E-state index is 14.3. The van der Waals surface area contributed by atoms with Crippen molar-refractivity contribution in [3.05, 3.63) is 102 Å². The number of hydrogen-bond donors (Lipinski definition) is 1. The quantitative estimate of drug-likeness (QED) is 0.217. The van der Waals surface area contributed by atoms with Crippen LogP contribution in [0.3, 0.4) is 0 Å². The summed E-state index contributed by atoms with van der Waals surface area (Å²) in [5.74, 6) is 1.40. The Balaban J connectivity index is 1.58. The fourth-order valence-electron chi connectivity index (χ4n) is 4.89. The Morgan fingerprint density at radius 3 is 2.23 bits per heavy atom. The fraction of sp³-hybridized carbons (Fsp3) is 0.212. The molecule has 0 aliphatic rings. The Morgan fingerprint density at radius 1 is 0.795 bits per heavy atom. The van der Waals surface area contributed by atoms with Gasteiger partial charge in [-0.2, -0.15) is 0 Å². The van der Waals surface area contributed by atoms with E-state index in [0.29, 0.717) is 45.3 Å². The van der Waals surface area contributed by atoms with Crippen molar-refractivity contribution >= 4 is 28.5 Å². The highest BCUT2D eigenvalue weighted by atomic mass is 16.5. The van der Waals surface area contributed by atoms with E-state index in [1.807, 2.05) is 48.5 Å². The minimum Gasteiger partial charge on any atom is -0.497 e. The normalized spacial score (nSPS) is 11.5. The van der Waals surface area contributed by atoms with Crippen LogP contribution in [0.15, 0.2) is 91.0 Å². The first-order valence-electron chi connectivity index (χ1n) is 13.8. The van der Waals surface area contributed by atoms with E-state index in [1.165, 1.54) is 16.7 Å². The van der Waals surface area contributed by atoms with Crippen molar-refractivity contribution in [3.63, 3.8) is 0 Å². The zero-order valence-corrected chi connectivity index (χ0v) is 24.9. The van der Waals surface area contributed by atoms with E-state index in [4.69, 9.17) is 18.9 Å². The molecule has 1 aromatic heterocycles. The van der Waals surface area contributed by atoms with E-state index in [1.54, 1.807) is 63.8 Å². The van der Waals surface area contributed by atoms with Crippen LogP contribution < -0.4 is 24.3 Å². The molecule has 0 saturated heterocycles. The second-order valence-corrected chi connectivity index (χ2v) is 9.84. The second kappa shape index (κ2) is 13.6. The number of para-hydroxylation sites is 1. The third-order valence-electron chi connectivity index (χ3n) is 7.17. The van der Waals surface area contributed by atoms with Gasteiger partial charge in [0.05, 0.1) is 39.6 Å². The predicted molar refractivity (Wildman–Crippen MR) is 165 cm³/mol. The maximum absolute atomic E-state index is 14.3. The summed E-state index contributed by atoms with van der Waals surface area (Å²) in [6.07, 6.45) is 0.